The lowest BCUT2D eigenvalue weighted by molar-refractivity contribution is -0.123. The van der Waals surface area contributed by atoms with Crippen LogP contribution in [0.15, 0.2) is 0 Å². The summed E-state index contributed by atoms with van der Waals surface area (Å²) < 4.78 is 0. The molecule has 1 amide bonds. The van der Waals surface area contributed by atoms with Crippen molar-refractivity contribution in [2.24, 2.45) is 35.3 Å². The monoisotopic (exact) mass is 222 g/mol. The van der Waals surface area contributed by atoms with E-state index in [1.54, 1.807) is 0 Å². The Balaban J connectivity index is 1.51. The minimum atomic E-state index is 0.124. The Morgan fingerprint density at radius 1 is 1.38 bits per heavy atom. The van der Waals surface area contributed by atoms with Crippen molar-refractivity contribution in [1.82, 2.24) is 5.32 Å². The van der Waals surface area contributed by atoms with Gasteiger partial charge in [-0.3, -0.25) is 4.79 Å². The second-order valence-corrected chi connectivity index (χ2v) is 5.93. The van der Waals surface area contributed by atoms with Crippen LogP contribution < -0.4 is 11.1 Å². The largest absolute Gasteiger partial charge is 0.354 e. The molecule has 0 aromatic carbocycles. The van der Waals surface area contributed by atoms with E-state index in [4.69, 9.17) is 5.73 Å². The average Bonchev–Trinajstić information content (AvgIpc) is 2.74. The van der Waals surface area contributed by atoms with Gasteiger partial charge in [0.25, 0.3) is 0 Å². The van der Waals surface area contributed by atoms with Crippen LogP contribution in [0.5, 0.6) is 0 Å². The van der Waals surface area contributed by atoms with Crippen molar-refractivity contribution < 1.29 is 4.79 Å². The highest BCUT2D eigenvalue weighted by atomic mass is 16.2. The molecule has 0 saturated heterocycles. The fourth-order valence-electron chi connectivity index (χ4n) is 4.17. The summed E-state index contributed by atoms with van der Waals surface area (Å²) >= 11 is 0. The summed E-state index contributed by atoms with van der Waals surface area (Å²) in [5.74, 6) is 3.90. The summed E-state index contributed by atoms with van der Waals surface area (Å²) in [7, 11) is 0. The topological polar surface area (TPSA) is 55.1 Å². The predicted molar refractivity (Wildman–Crippen MR) is 62.6 cm³/mol. The smallest absolute Gasteiger partial charge is 0.223 e. The number of hydrogen-bond acceptors (Lipinski definition) is 2. The van der Waals surface area contributed by atoms with Crippen LogP contribution in [-0.2, 0) is 4.79 Å². The first kappa shape index (κ1) is 10.6. The van der Waals surface area contributed by atoms with E-state index in [-0.39, 0.29) is 11.9 Å². The zero-order valence-electron chi connectivity index (χ0n) is 9.99. The van der Waals surface area contributed by atoms with Crippen molar-refractivity contribution in [2.75, 3.05) is 6.54 Å². The van der Waals surface area contributed by atoms with Gasteiger partial charge in [0.2, 0.25) is 5.91 Å². The van der Waals surface area contributed by atoms with E-state index in [1.165, 1.54) is 19.3 Å². The number of fused-ring (bicyclic) bond motifs is 5. The molecule has 3 nitrogen and oxygen atoms in total. The zero-order valence-corrected chi connectivity index (χ0v) is 9.99. The molecule has 0 heterocycles. The molecule has 3 rings (SSSR count). The maximum absolute atomic E-state index is 12.0. The molecule has 0 aromatic heterocycles. The molecule has 5 unspecified atom stereocenters. The highest BCUT2D eigenvalue weighted by Gasteiger charge is 2.67. The maximum Gasteiger partial charge on any atom is 0.223 e. The van der Waals surface area contributed by atoms with Gasteiger partial charge in [0.1, 0.15) is 0 Å². The molecule has 0 aliphatic heterocycles. The number of carbonyl (C=O) groups excluding carboxylic acids is 1. The lowest BCUT2D eigenvalue weighted by atomic mass is 10.0. The van der Waals surface area contributed by atoms with Gasteiger partial charge in [-0.05, 0) is 49.4 Å². The second-order valence-electron chi connectivity index (χ2n) is 5.93. The van der Waals surface area contributed by atoms with Crippen LogP contribution in [0.4, 0.5) is 0 Å². The van der Waals surface area contributed by atoms with Gasteiger partial charge in [-0.15, -0.1) is 0 Å². The predicted octanol–water partition coefficient (Wildman–Crippen LogP) is 1.13. The minimum absolute atomic E-state index is 0.124. The zero-order chi connectivity index (χ0) is 11.3. The lowest BCUT2D eigenvalue weighted by Gasteiger charge is -2.12. The molecule has 0 radical (unpaired) electrons. The van der Waals surface area contributed by atoms with Gasteiger partial charge in [0, 0.05) is 18.5 Å². The first-order chi connectivity index (χ1) is 7.72. The molecule has 0 spiro atoms. The third-order valence-corrected chi connectivity index (χ3v) is 5.10. The van der Waals surface area contributed by atoms with E-state index in [9.17, 15) is 4.79 Å². The molecular formula is C13H22N2O. The number of nitrogens with one attached hydrogen (secondary N) is 1. The molecule has 5 atom stereocenters. The van der Waals surface area contributed by atoms with Gasteiger partial charge in [-0.1, -0.05) is 6.92 Å². The van der Waals surface area contributed by atoms with E-state index in [0.29, 0.717) is 12.5 Å². The fraction of sp³-hybridized carbons (Fsp3) is 0.923. The number of nitrogens with two attached hydrogens (primary N) is 1. The highest BCUT2D eigenvalue weighted by molar-refractivity contribution is 5.82. The summed E-state index contributed by atoms with van der Waals surface area (Å²) in [6.45, 7) is 2.71. The molecule has 3 N–H and O–H groups in total. The quantitative estimate of drug-likeness (QED) is 0.749. The third kappa shape index (κ3) is 1.48. The minimum Gasteiger partial charge on any atom is -0.354 e. The molecule has 3 aliphatic rings. The summed E-state index contributed by atoms with van der Waals surface area (Å²) in [5, 5.41) is 3.03. The Morgan fingerprint density at radius 3 is 2.56 bits per heavy atom. The molecular weight excluding hydrogens is 200 g/mol. The number of rotatable bonds is 4. The van der Waals surface area contributed by atoms with Crippen molar-refractivity contribution in [3.63, 3.8) is 0 Å². The van der Waals surface area contributed by atoms with E-state index >= 15 is 0 Å². The van der Waals surface area contributed by atoms with Gasteiger partial charge < -0.3 is 11.1 Å². The molecule has 3 aliphatic carbocycles. The molecule has 16 heavy (non-hydrogen) atoms. The number of amides is 1. The molecule has 0 aromatic rings. The van der Waals surface area contributed by atoms with Gasteiger partial charge in [0.15, 0.2) is 0 Å². The van der Waals surface area contributed by atoms with Gasteiger partial charge >= 0.3 is 0 Å². The molecule has 2 bridgehead atoms. The van der Waals surface area contributed by atoms with Crippen molar-refractivity contribution in [1.29, 1.82) is 0 Å². The van der Waals surface area contributed by atoms with Crippen molar-refractivity contribution in [3.05, 3.63) is 0 Å². The fourth-order valence-corrected chi connectivity index (χ4v) is 4.17. The lowest BCUT2D eigenvalue weighted by Crippen LogP contribution is -2.38. The molecule has 3 heteroatoms. The summed E-state index contributed by atoms with van der Waals surface area (Å²) in [6, 6.07) is 0.124. The first-order valence-electron chi connectivity index (χ1n) is 6.75. The van der Waals surface area contributed by atoms with E-state index in [1.807, 2.05) is 0 Å². The van der Waals surface area contributed by atoms with Gasteiger partial charge in [0.05, 0.1) is 0 Å². The van der Waals surface area contributed by atoms with Crippen LogP contribution >= 0.6 is 0 Å². The Bertz CT molecular complexity index is 288. The second kappa shape index (κ2) is 3.73. The van der Waals surface area contributed by atoms with Crippen LogP contribution in [-0.4, -0.2) is 18.5 Å². The average molecular weight is 222 g/mol. The Kier molecular flexibility index (Phi) is 2.46. The summed E-state index contributed by atoms with van der Waals surface area (Å²) in [6.07, 6.45) is 5.10. The van der Waals surface area contributed by atoms with Crippen LogP contribution in [0, 0.1) is 29.6 Å². The number of hydrogen-bond donors (Lipinski definition) is 2. The molecule has 3 saturated carbocycles. The SMILES string of the molecule is CCC(N)CNC(=O)C1C2C3CCC(C3)C12. The standard InChI is InChI=1S/C13H22N2O/c1-2-9(14)6-15-13(16)12-10-7-3-4-8(5-7)11(10)12/h7-12H,2-6,14H2,1H3,(H,15,16). The highest BCUT2D eigenvalue weighted by Crippen LogP contribution is 2.69. The van der Waals surface area contributed by atoms with Crippen molar-refractivity contribution in [3.8, 4) is 0 Å². The molecule has 3 fully saturated rings. The maximum atomic E-state index is 12.0. The van der Waals surface area contributed by atoms with Crippen molar-refractivity contribution >= 4 is 5.91 Å². The normalized spacial score (nSPS) is 45.2. The van der Waals surface area contributed by atoms with Crippen LogP contribution in [0.3, 0.4) is 0 Å². The van der Waals surface area contributed by atoms with Crippen LogP contribution in [0.25, 0.3) is 0 Å². The summed E-state index contributed by atoms with van der Waals surface area (Å²) in [5.41, 5.74) is 5.81. The Hall–Kier alpha value is -0.570. The molecule has 90 valence electrons. The van der Waals surface area contributed by atoms with Crippen molar-refractivity contribution in [2.45, 2.75) is 38.6 Å². The van der Waals surface area contributed by atoms with Gasteiger partial charge in [-0.2, -0.15) is 0 Å². The number of carbonyl (C=O) groups is 1. The summed E-state index contributed by atoms with van der Waals surface area (Å²) in [4.78, 5) is 12.0. The van der Waals surface area contributed by atoms with Gasteiger partial charge in [-0.25, -0.2) is 0 Å². The third-order valence-electron chi connectivity index (χ3n) is 5.10. The Labute approximate surface area is 97.2 Å². The van der Waals surface area contributed by atoms with E-state index < -0.39 is 0 Å². The Morgan fingerprint density at radius 2 is 2.00 bits per heavy atom. The van der Waals surface area contributed by atoms with Crippen LogP contribution in [0.2, 0.25) is 0 Å². The van der Waals surface area contributed by atoms with E-state index in [0.717, 1.165) is 30.1 Å². The van der Waals surface area contributed by atoms with Crippen LogP contribution in [0.1, 0.15) is 32.6 Å². The first-order valence-corrected chi connectivity index (χ1v) is 6.75. The van der Waals surface area contributed by atoms with E-state index in [2.05, 4.69) is 12.2 Å².